The average molecular weight is 322 g/mol. The van der Waals surface area contributed by atoms with Crippen LogP contribution in [0.3, 0.4) is 0 Å². The van der Waals surface area contributed by atoms with Crippen molar-refractivity contribution in [2.24, 2.45) is 0 Å². The topological polar surface area (TPSA) is 40.6 Å². The zero-order valence-electron chi connectivity index (χ0n) is 13.5. The number of hydrogen-bond acceptors (Lipinski definition) is 3. The van der Waals surface area contributed by atoms with Crippen molar-refractivity contribution in [2.45, 2.75) is 50.4 Å². The van der Waals surface area contributed by atoms with Crippen LogP contribution in [0.25, 0.3) is 0 Å². The van der Waals surface area contributed by atoms with Crippen LogP contribution in [0.2, 0.25) is 0 Å². The first-order chi connectivity index (χ1) is 10.5. The van der Waals surface area contributed by atoms with Crippen molar-refractivity contribution in [3.05, 3.63) is 35.4 Å². The van der Waals surface area contributed by atoms with E-state index in [1.807, 2.05) is 0 Å². The van der Waals surface area contributed by atoms with Gasteiger partial charge in [0.1, 0.15) is 0 Å². The van der Waals surface area contributed by atoms with E-state index in [1.165, 1.54) is 11.1 Å². The third-order valence-electron chi connectivity index (χ3n) is 4.87. The summed E-state index contributed by atoms with van der Waals surface area (Å²) >= 11 is 0. The molecular formula is C17H26N2O2S. The van der Waals surface area contributed by atoms with E-state index in [9.17, 15) is 8.42 Å². The van der Waals surface area contributed by atoms with Crippen molar-refractivity contribution >= 4 is 10.0 Å². The van der Waals surface area contributed by atoms with Crippen molar-refractivity contribution in [1.82, 2.24) is 9.21 Å². The van der Waals surface area contributed by atoms with Crippen molar-refractivity contribution in [3.63, 3.8) is 0 Å². The lowest BCUT2D eigenvalue weighted by Gasteiger charge is -2.37. The second-order valence-electron chi connectivity index (χ2n) is 6.78. The molecule has 4 nitrogen and oxygen atoms in total. The Hall–Kier alpha value is -0.910. The van der Waals surface area contributed by atoms with Gasteiger partial charge < -0.3 is 0 Å². The Morgan fingerprint density at radius 3 is 2.50 bits per heavy atom. The highest BCUT2D eigenvalue weighted by molar-refractivity contribution is 7.90. The molecule has 0 radical (unpaired) electrons. The smallest absolute Gasteiger partial charge is 0.217 e. The van der Waals surface area contributed by atoms with Crippen molar-refractivity contribution < 1.29 is 8.42 Å². The number of hydrogen-bond donors (Lipinski definition) is 0. The van der Waals surface area contributed by atoms with E-state index in [2.05, 4.69) is 36.1 Å². The Morgan fingerprint density at radius 2 is 1.86 bits per heavy atom. The largest absolute Gasteiger partial charge is 0.297 e. The first-order valence-electron chi connectivity index (χ1n) is 8.21. The van der Waals surface area contributed by atoms with Gasteiger partial charge in [0.15, 0.2) is 0 Å². The molecule has 1 atom stereocenters. The molecule has 1 aliphatic heterocycles. The van der Waals surface area contributed by atoms with E-state index in [-0.39, 0.29) is 11.3 Å². The average Bonchev–Trinajstić information content (AvgIpc) is 3.34. The summed E-state index contributed by atoms with van der Waals surface area (Å²) in [7, 11) is -1.29. The number of rotatable bonds is 5. The molecule has 1 aliphatic carbocycles. The number of likely N-dealkylation sites (N-methyl/N-ethyl adjacent to an activating group) is 1. The SMILES string of the molecule is Cc1ccc(CN2CCCC(N(C)S(=O)(=O)C3CC3)C2)cc1. The Kier molecular flexibility index (Phi) is 4.57. The number of nitrogens with zero attached hydrogens (tertiary/aromatic N) is 2. The second-order valence-corrected chi connectivity index (χ2v) is 9.05. The third kappa shape index (κ3) is 3.53. The van der Waals surface area contributed by atoms with Crippen LogP contribution in [-0.4, -0.2) is 49.1 Å². The zero-order chi connectivity index (χ0) is 15.7. The molecule has 1 unspecified atom stereocenters. The lowest BCUT2D eigenvalue weighted by Crippen LogP contribution is -2.48. The maximum atomic E-state index is 12.4. The second kappa shape index (κ2) is 6.30. The van der Waals surface area contributed by atoms with Crippen LogP contribution >= 0.6 is 0 Å². The van der Waals surface area contributed by atoms with Gasteiger partial charge in [-0.25, -0.2) is 12.7 Å². The molecular weight excluding hydrogens is 296 g/mol. The Labute approximate surface area is 134 Å². The van der Waals surface area contributed by atoms with Gasteiger partial charge in [-0.15, -0.1) is 0 Å². The molecule has 0 bridgehead atoms. The van der Waals surface area contributed by atoms with Gasteiger partial charge >= 0.3 is 0 Å². The summed E-state index contributed by atoms with van der Waals surface area (Å²) in [6.07, 6.45) is 3.73. The molecule has 1 saturated carbocycles. The van der Waals surface area contributed by atoms with Crippen LogP contribution in [-0.2, 0) is 16.6 Å². The molecule has 3 rings (SSSR count). The Morgan fingerprint density at radius 1 is 1.18 bits per heavy atom. The van der Waals surface area contributed by atoms with Gasteiger partial charge in [-0.05, 0) is 44.7 Å². The zero-order valence-corrected chi connectivity index (χ0v) is 14.3. The monoisotopic (exact) mass is 322 g/mol. The lowest BCUT2D eigenvalue weighted by molar-refractivity contribution is 0.153. The lowest BCUT2D eigenvalue weighted by atomic mass is 10.0. The van der Waals surface area contributed by atoms with Crippen LogP contribution in [0.15, 0.2) is 24.3 Å². The molecule has 1 aromatic rings. The first-order valence-corrected chi connectivity index (χ1v) is 9.72. The highest BCUT2D eigenvalue weighted by Gasteiger charge is 2.41. The van der Waals surface area contributed by atoms with E-state index in [0.717, 1.165) is 45.3 Å². The summed E-state index contributed by atoms with van der Waals surface area (Å²) in [4.78, 5) is 2.39. The Bertz CT molecular complexity index is 608. The van der Waals surface area contributed by atoms with Gasteiger partial charge in [-0.1, -0.05) is 29.8 Å². The number of likely N-dealkylation sites (tertiary alicyclic amines) is 1. The van der Waals surface area contributed by atoms with Crippen molar-refractivity contribution in [3.8, 4) is 0 Å². The summed E-state index contributed by atoms with van der Waals surface area (Å²) in [5, 5.41) is -0.107. The molecule has 1 heterocycles. The number of sulfonamides is 1. The number of benzene rings is 1. The van der Waals surface area contributed by atoms with Crippen LogP contribution in [0, 0.1) is 6.92 Å². The number of aryl methyl sites for hydroxylation is 1. The van der Waals surface area contributed by atoms with Crippen molar-refractivity contribution in [1.29, 1.82) is 0 Å². The molecule has 0 N–H and O–H groups in total. The van der Waals surface area contributed by atoms with E-state index in [1.54, 1.807) is 11.4 Å². The number of piperidine rings is 1. The van der Waals surface area contributed by atoms with E-state index in [4.69, 9.17) is 0 Å². The molecule has 1 aromatic carbocycles. The van der Waals surface area contributed by atoms with Crippen LogP contribution in [0.4, 0.5) is 0 Å². The van der Waals surface area contributed by atoms with Gasteiger partial charge in [0.05, 0.1) is 5.25 Å². The summed E-state index contributed by atoms with van der Waals surface area (Å²) in [6, 6.07) is 8.75. The highest BCUT2D eigenvalue weighted by Crippen LogP contribution is 2.32. The van der Waals surface area contributed by atoms with E-state index in [0.29, 0.717) is 0 Å². The van der Waals surface area contributed by atoms with Gasteiger partial charge in [-0.2, -0.15) is 0 Å². The first kappa shape index (κ1) is 16.0. The van der Waals surface area contributed by atoms with Gasteiger partial charge in [0.25, 0.3) is 0 Å². The van der Waals surface area contributed by atoms with Crippen LogP contribution < -0.4 is 0 Å². The van der Waals surface area contributed by atoms with Gasteiger partial charge in [0.2, 0.25) is 10.0 Å². The molecule has 0 amide bonds. The normalized spacial score (nSPS) is 23.9. The molecule has 2 fully saturated rings. The minimum atomic E-state index is -3.06. The fourth-order valence-corrected chi connectivity index (χ4v) is 5.02. The molecule has 2 aliphatic rings. The minimum absolute atomic E-state index is 0.107. The standard InChI is InChI=1S/C17H26N2O2S/c1-14-5-7-15(8-6-14)12-19-11-3-4-16(13-19)18(2)22(20,21)17-9-10-17/h5-8,16-17H,3-4,9-13H2,1-2H3. The predicted octanol–water partition coefficient (Wildman–Crippen LogP) is 2.38. The predicted molar refractivity (Wildman–Crippen MR) is 89.2 cm³/mol. The summed E-state index contributed by atoms with van der Waals surface area (Å²) < 4.78 is 26.5. The van der Waals surface area contributed by atoms with Gasteiger partial charge in [-0.3, -0.25) is 4.90 Å². The molecule has 22 heavy (non-hydrogen) atoms. The fraction of sp³-hybridized carbons (Fsp3) is 0.647. The summed E-state index contributed by atoms with van der Waals surface area (Å²) in [6.45, 7) is 4.91. The van der Waals surface area contributed by atoms with Crippen LogP contribution in [0.1, 0.15) is 36.8 Å². The summed E-state index contributed by atoms with van der Waals surface area (Å²) in [5.74, 6) is 0. The van der Waals surface area contributed by atoms with E-state index < -0.39 is 10.0 Å². The third-order valence-corrected chi connectivity index (χ3v) is 7.28. The molecule has 0 spiro atoms. The fourth-order valence-electron chi connectivity index (χ4n) is 3.23. The van der Waals surface area contributed by atoms with Crippen LogP contribution in [0.5, 0.6) is 0 Å². The molecule has 5 heteroatoms. The van der Waals surface area contributed by atoms with E-state index >= 15 is 0 Å². The highest BCUT2D eigenvalue weighted by atomic mass is 32.2. The maximum Gasteiger partial charge on any atom is 0.217 e. The quantitative estimate of drug-likeness (QED) is 0.836. The maximum absolute atomic E-state index is 12.4. The molecule has 122 valence electrons. The molecule has 0 aromatic heterocycles. The minimum Gasteiger partial charge on any atom is -0.297 e. The molecule has 1 saturated heterocycles. The van der Waals surface area contributed by atoms with Crippen molar-refractivity contribution in [2.75, 3.05) is 20.1 Å². The Balaban J connectivity index is 1.62. The van der Waals surface area contributed by atoms with Gasteiger partial charge in [0, 0.05) is 26.2 Å². The summed E-state index contributed by atoms with van der Waals surface area (Å²) in [5.41, 5.74) is 2.58.